The number of aliphatic imine (C=N–C) groups is 1. The highest BCUT2D eigenvalue weighted by Gasteiger charge is 2.36. The lowest BCUT2D eigenvalue weighted by Crippen LogP contribution is -2.48. The molecule has 1 aromatic heterocycles. The summed E-state index contributed by atoms with van der Waals surface area (Å²) in [6.07, 6.45) is 3.29. The summed E-state index contributed by atoms with van der Waals surface area (Å²) in [6.45, 7) is 5.36. The maximum Gasteiger partial charge on any atom is 0.191 e. The zero-order valence-electron chi connectivity index (χ0n) is 16.6. The Labute approximate surface area is 198 Å². The van der Waals surface area contributed by atoms with E-state index < -0.39 is 0 Å². The molecule has 0 unspecified atom stereocenters. The third-order valence-electron chi connectivity index (χ3n) is 5.07. The highest BCUT2D eigenvalue weighted by Crippen LogP contribution is 2.39. The normalized spacial score (nSPS) is 16.2. The average Bonchev–Trinajstić information content (AvgIpc) is 3.09. The van der Waals surface area contributed by atoms with E-state index in [4.69, 9.17) is 27.9 Å². The van der Waals surface area contributed by atoms with E-state index in [1.807, 2.05) is 32.2 Å². The maximum absolute atomic E-state index is 6.56. The number of guanidine groups is 1. The minimum atomic E-state index is -0.138. The summed E-state index contributed by atoms with van der Waals surface area (Å²) in [5.41, 5.74) is 0.958. The predicted octanol–water partition coefficient (Wildman–Crippen LogP) is 3.54. The van der Waals surface area contributed by atoms with Gasteiger partial charge >= 0.3 is 0 Å². The zero-order chi connectivity index (χ0) is 20.0. The zero-order valence-corrected chi connectivity index (χ0v) is 20.5. The Hall–Kier alpha value is -1.10. The van der Waals surface area contributed by atoms with Crippen LogP contribution >= 0.6 is 47.2 Å². The molecule has 0 bridgehead atoms. The van der Waals surface area contributed by atoms with Crippen molar-refractivity contribution in [3.05, 3.63) is 46.0 Å². The van der Waals surface area contributed by atoms with Gasteiger partial charge in [-0.25, -0.2) is 9.98 Å². The van der Waals surface area contributed by atoms with Gasteiger partial charge in [0, 0.05) is 48.8 Å². The van der Waals surface area contributed by atoms with Crippen LogP contribution in [0.5, 0.6) is 0 Å². The summed E-state index contributed by atoms with van der Waals surface area (Å²) in [6, 6.07) is 5.73. The Morgan fingerprint density at radius 2 is 2.03 bits per heavy atom. The number of aryl methyl sites for hydroxylation is 1. The number of rotatable bonds is 6. The number of benzene rings is 1. The number of aromatic nitrogens is 3. The third-order valence-corrected chi connectivity index (χ3v) is 5.62. The molecule has 0 atom stereocenters. The molecule has 1 aliphatic heterocycles. The summed E-state index contributed by atoms with van der Waals surface area (Å²) in [7, 11) is 1.86. The van der Waals surface area contributed by atoms with Gasteiger partial charge in [0.15, 0.2) is 5.96 Å². The van der Waals surface area contributed by atoms with E-state index in [-0.39, 0.29) is 29.4 Å². The molecule has 0 radical (unpaired) electrons. The molecule has 160 valence electrons. The van der Waals surface area contributed by atoms with Crippen LogP contribution in [0.25, 0.3) is 0 Å². The Morgan fingerprint density at radius 3 is 2.66 bits per heavy atom. The number of halogens is 3. The van der Waals surface area contributed by atoms with Crippen molar-refractivity contribution >= 4 is 53.1 Å². The van der Waals surface area contributed by atoms with Crippen molar-refractivity contribution < 1.29 is 4.74 Å². The summed E-state index contributed by atoms with van der Waals surface area (Å²) >= 11 is 12.7. The smallest absolute Gasteiger partial charge is 0.191 e. The molecule has 2 heterocycles. The van der Waals surface area contributed by atoms with Gasteiger partial charge in [-0.1, -0.05) is 29.3 Å². The Bertz CT molecular complexity index is 823. The van der Waals surface area contributed by atoms with Crippen LogP contribution in [0, 0.1) is 0 Å². The molecule has 2 aromatic rings. The minimum absolute atomic E-state index is 0. The molecule has 1 saturated heterocycles. The summed E-state index contributed by atoms with van der Waals surface area (Å²) in [4.78, 5) is 8.87. The van der Waals surface area contributed by atoms with Crippen LogP contribution < -0.4 is 10.6 Å². The minimum Gasteiger partial charge on any atom is -0.381 e. The van der Waals surface area contributed by atoms with Gasteiger partial charge in [-0.05, 0) is 37.5 Å². The van der Waals surface area contributed by atoms with Gasteiger partial charge in [0.2, 0.25) is 0 Å². The molecule has 1 aromatic carbocycles. The van der Waals surface area contributed by atoms with E-state index in [2.05, 4.69) is 25.7 Å². The molecule has 0 aliphatic carbocycles. The third kappa shape index (κ3) is 6.19. The van der Waals surface area contributed by atoms with Crippen molar-refractivity contribution in [2.75, 3.05) is 26.3 Å². The number of nitrogens with one attached hydrogen (secondary N) is 2. The highest BCUT2D eigenvalue weighted by molar-refractivity contribution is 14.0. The molecule has 0 saturated carbocycles. The Morgan fingerprint density at radius 1 is 1.28 bits per heavy atom. The molecule has 3 rings (SSSR count). The van der Waals surface area contributed by atoms with Gasteiger partial charge in [-0.2, -0.15) is 5.10 Å². The van der Waals surface area contributed by atoms with Gasteiger partial charge in [0.25, 0.3) is 0 Å². The molecular weight excluding hydrogens is 526 g/mol. The van der Waals surface area contributed by atoms with E-state index in [1.165, 1.54) is 6.33 Å². The van der Waals surface area contributed by atoms with E-state index in [0.717, 1.165) is 36.7 Å². The summed E-state index contributed by atoms with van der Waals surface area (Å²) in [5.74, 6) is 1.54. The molecule has 2 N–H and O–H groups in total. The van der Waals surface area contributed by atoms with Crippen LogP contribution in [0.2, 0.25) is 10.0 Å². The van der Waals surface area contributed by atoms with Gasteiger partial charge < -0.3 is 15.4 Å². The number of nitrogens with zero attached hydrogens (tertiary/aromatic N) is 4. The lowest BCUT2D eigenvalue weighted by Gasteiger charge is -2.39. The van der Waals surface area contributed by atoms with Crippen LogP contribution in [0.4, 0.5) is 0 Å². The van der Waals surface area contributed by atoms with Crippen LogP contribution in [0.1, 0.15) is 31.2 Å². The summed E-state index contributed by atoms with van der Waals surface area (Å²) in [5, 5.41) is 12.2. The fourth-order valence-electron chi connectivity index (χ4n) is 3.43. The van der Waals surface area contributed by atoms with Gasteiger partial charge in [0.05, 0.1) is 0 Å². The Kier molecular flexibility index (Phi) is 9.45. The molecule has 0 amide bonds. The maximum atomic E-state index is 6.56. The van der Waals surface area contributed by atoms with Gasteiger partial charge in [0.1, 0.15) is 18.7 Å². The van der Waals surface area contributed by atoms with Crippen molar-refractivity contribution in [3.63, 3.8) is 0 Å². The molecule has 10 heteroatoms. The molecule has 1 fully saturated rings. The topological polar surface area (TPSA) is 76.4 Å². The van der Waals surface area contributed by atoms with Crippen molar-refractivity contribution in [2.45, 2.75) is 31.7 Å². The molecule has 0 spiro atoms. The first-order valence-electron chi connectivity index (χ1n) is 9.42. The first-order chi connectivity index (χ1) is 13.5. The van der Waals surface area contributed by atoms with Crippen molar-refractivity contribution in [2.24, 2.45) is 12.0 Å². The van der Waals surface area contributed by atoms with Crippen LogP contribution in [-0.2, 0) is 23.7 Å². The number of hydrogen-bond donors (Lipinski definition) is 2. The molecule has 29 heavy (non-hydrogen) atoms. The fraction of sp³-hybridized carbons (Fsp3) is 0.526. The first kappa shape index (κ1) is 24.2. The second kappa shape index (κ2) is 11.3. The van der Waals surface area contributed by atoms with E-state index in [1.54, 1.807) is 4.68 Å². The van der Waals surface area contributed by atoms with E-state index >= 15 is 0 Å². The molecule has 7 nitrogen and oxygen atoms in total. The van der Waals surface area contributed by atoms with E-state index in [0.29, 0.717) is 36.3 Å². The number of hydrogen-bond acceptors (Lipinski definition) is 4. The number of ether oxygens (including phenoxy) is 1. The average molecular weight is 553 g/mol. The van der Waals surface area contributed by atoms with Crippen LogP contribution in [-0.4, -0.2) is 47.0 Å². The molecule has 1 aliphatic rings. The van der Waals surface area contributed by atoms with Crippen molar-refractivity contribution in [1.82, 2.24) is 25.4 Å². The second-order valence-electron chi connectivity index (χ2n) is 6.87. The van der Waals surface area contributed by atoms with E-state index in [9.17, 15) is 0 Å². The van der Waals surface area contributed by atoms with Crippen molar-refractivity contribution in [3.8, 4) is 0 Å². The van der Waals surface area contributed by atoms with Crippen LogP contribution in [0.15, 0.2) is 29.5 Å². The standard InChI is InChI=1S/C19H26Cl2N6O.HI/c1-3-22-18(23-11-17-25-13-26-27(17)2)24-12-19(6-8-28-9-7-19)15-5-4-14(20)10-16(15)21;/h4-5,10,13H,3,6-9,11-12H2,1-2H3,(H2,22,23,24);1H. The SMILES string of the molecule is CCNC(=NCc1ncnn1C)NCC1(c2ccc(Cl)cc2Cl)CCOCC1.I. The summed E-state index contributed by atoms with van der Waals surface area (Å²) < 4.78 is 7.34. The highest BCUT2D eigenvalue weighted by atomic mass is 127. The monoisotopic (exact) mass is 552 g/mol. The lowest BCUT2D eigenvalue weighted by atomic mass is 9.74. The fourth-order valence-corrected chi connectivity index (χ4v) is 4.04. The van der Waals surface area contributed by atoms with Crippen LogP contribution in [0.3, 0.4) is 0 Å². The van der Waals surface area contributed by atoms with Gasteiger partial charge in [-0.3, -0.25) is 4.68 Å². The lowest BCUT2D eigenvalue weighted by molar-refractivity contribution is 0.0514. The van der Waals surface area contributed by atoms with Gasteiger partial charge in [-0.15, -0.1) is 24.0 Å². The largest absolute Gasteiger partial charge is 0.381 e. The quantitative estimate of drug-likeness (QED) is 0.326. The predicted molar refractivity (Wildman–Crippen MR) is 127 cm³/mol. The second-order valence-corrected chi connectivity index (χ2v) is 7.71. The Balaban J connectivity index is 0.00000300. The molecular formula is C19H27Cl2IN6O. The first-order valence-corrected chi connectivity index (χ1v) is 10.2. The van der Waals surface area contributed by atoms with Crippen molar-refractivity contribution in [1.29, 1.82) is 0 Å².